The first-order chi connectivity index (χ1) is 10.9. The highest BCUT2D eigenvalue weighted by atomic mass is 19.4. The summed E-state index contributed by atoms with van der Waals surface area (Å²) in [6, 6.07) is 8.43. The molecule has 0 atom stereocenters. The van der Waals surface area contributed by atoms with Crippen molar-refractivity contribution in [1.82, 2.24) is 9.97 Å². The number of hydrogen-bond donors (Lipinski definition) is 3. The summed E-state index contributed by atoms with van der Waals surface area (Å²) in [5, 5.41) is 14.2. The minimum Gasteiger partial charge on any atom is -0.395 e. The Kier molecular flexibility index (Phi) is 5.38. The molecule has 1 aromatic carbocycles. The molecule has 0 aliphatic heterocycles. The van der Waals surface area contributed by atoms with Gasteiger partial charge in [-0.05, 0) is 18.1 Å². The predicted molar refractivity (Wildman–Crippen MR) is 81.1 cm³/mol. The number of nitrogens with zero attached hydrogens (tertiary/aromatic N) is 2. The van der Waals surface area contributed by atoms with E-state index in [0.29, 0.717) is 6.54 Å². The van der Waals surface area contributed by atoms with Crippen molar-refractivity contribution >= 4 is 11.8 Å². The largest absolute Gasteiger partial charge is 0.433 e. The van der Waals surface area contributed by atoms with E-state index in [2.05, 4.69) is 20.6 Å². The van der Waals surface area contributed by atoms with Crippen LogP contribution >= 0.6 is 0 Å². The maximum absolute atomic E-state index is 12.9. The molecule has 0 aliphatic rings. The molecule has 1 heterocycles. The van der Waals surface area contributed by atoms with E-state index in [4.69, 9.17) is 5.11 Å². The van der Waals surface area contributed by atoms with Crippen molar-refractivity contribution in [3.05, 3.63) is 47.2 Å². The number of halogens is 3. The monoisotopic (exact) mass is 326 g/mol. The molecule has 124 valence electrons. The lowest BCUT2D eigenvalue weighted by Crippen LogP contribution is -2.15. The topological polar surface area (TPSA) is 70.1 Å². The maximum Gasteiger partial charge on any atom is 0.433 e. The van der Waals surface area contributed by atoms with Crippen molar-refractivity contribution in [1.29, 1.82) is 0 Å². The Morgan fingerprint density at radius 3 is 2.52 bits per heavy atom. The van der Waals surface area contributed by atoms with Crippen LogP contribution < -0.4 is 10.6 Å². The van der Waals surface area contributed by atoms with E-state index in [1.165, 1.54) is 0 Å². The minimum absolute atomic E-state index is 0.0658. The number of alkyl halides is 3. The zero-order chi connectivity index (χ0) is 16.9. The van der Waals surface area contributed by atoms with Gasteiger partial charge in [-0.25, -0.2) is 4.98 Å². The number of hydrogen-bond acceptors (Lipinski definition) is 5. The lowest BCUT2D eigenvalue weighted by Gasteiger charge is -2.13. The molecule has 0 saturated heterocycles. The van der Waals surface area contributed by atoms with Gasteiger partial charge in [0.15, 0.2) is 5.69 Å². The van der Waals surface area contributed by atoms with Gasteiger partial charge >= 0.3 is 6.18 Å². The lowest BCUT2D eigenvalue weighted by atomic mass is 10.1. The molecular formula is C15H17F3N4O. The van der Waals surface area contributed by atoms with Gasteiger partial charge in [-0.2, -0.15) is 18.2 Å². The third kappa shape index (κ3) is 4.82. The van der Waals surface area contributed by atoms with Gasteiger partial charge in [-0.1, -0.05) is 24.3 Å². The van der Waals surface area contributed by atoms with Gasteiger partial charge in [-0.15, -0.1) is 0 Å². The highest BCUT2D eigenvalue weighted by Gasteiger charge is 2.33. The Hall–Kier alpha value is -2.35. The Morgan fingerprint density at radius 2 is 1.87 bits per heavy atom. The third-order valence-electron chi connectivity index (χ3n) is 3.13. The van der Waals surface area contributed by atoms with Crippen LogP contribution in [0.15, 0.2) is 30.3 Å². The molecule has 0 aliphatic carbocycles. The summed E-state index contributed by atoms with van der Waals surface area (Å²) < 4.78 is 38.7. The van der Waals surface area contributed by atoms with E-state index in [1.54, 1.807) is 0 Å². The van der Waals surface area contributed by atoms with Crippen LogP contribution in [0.4, 0.5) is 24.9 Å². The van der Waals surface area contributed by atoms with Crippen molar-refractivity contribution < 1.29 is 18.3 Å². The zero-order valence-electron chi connectivity index (χ0n) is 12.5. The van der Waals surface area contributed by atoms with Crippen LogP contribution in [0.2, 0.25) is 0 Å². The normalized spacial score (nSPS) is 11.3. The Labute approximate surface area is 131 Å². The third-order valence-corrected chi connectivity index (χ3v) is 3.13. The Morgan fingerprint density at radius 1 is 1.13 bits per heavy atom. The molecule has 0 bridgehead atoms. The molecule has 0 unspecified atom stereocenters. The maximum atomic E-state index is 12.9. The first kappa shape index (κ1) is 17.0. The summed E-state index contributed by atoms with van der Waals surface area (Å²) in [5.74, 6) is -0.114. The SMILES string of the molecule is Cc1ccccc1CNc1cc(C(F)(F)F)nc(NCCO)n1. The molecule has 2 rings (SSSR count). The van der Waals surface area contributed by atoms with Crippen molar-refractivity contribution in [2.24, 2.45) is 0 Å². The molecule has 8 heteroatoms. The molecule has 0 amide bonds. The summed E-state index contributed by atoms with van der Waals surface area (Å²) in [5.41, 5.74) is 0.952. The second kappa shape index (κ2) is 7.28. The van der Waals surface area contributed by atoms with E-state index in [9.17, 15) is 13.2 Å². The number of benzene rings is 1. The van der Waals surface area contributed by atoms with Crippen molar-refractivity contribution in [3.8, 4) is 0 Å². The molecule has 2 aromatic rings. The first-order valence-electron chi connectivity index (χ1n) is 6.99. The average Bonchev–Trinajstić information content (AvgIpc) is 2.51. The van der Waals surface area contributed by atoms with E-state index in [1.807, 2.05) is 31.2 Å². The number of rotatable bonds is 6. The molecule has 0 radical (unpaired) electrons. The van der Waals surface area contributed by atoms with Crippen LogP contribution in [0.3, 0.4) is 0 Å². The molecule has 0 saturated carbocycles. The predicted octanol–water partition coefficient (Wildman–Crippen LogP) is 2.82. The van der Waals surface area contributed by atoms with E-state index >= 15 is 0 Å². The van der Waals surface area contributed by atoms with Crippen LogP contribution in [-0.2, 0) is 12.7 Å². The second-order valence-corrected chi connectivity index (χ2v) is 4.89. The fourth-order valence-electron chi connectivity index (χ4n) is 1.92. The van der Waals surface area contributed by atoms with Gasteiger partial charge in [0.1, 0.15) is 5.82 Å². The summed E-state index contributed by atoms with van der Waals surface area (Å²) >= 11 is 0. The second-order valence-electron chi connectivity index (χ2n) is 4.89. The van der Waals surface area contributed by atoms with Gasteiger partial charge in [-0.3, -0.25) is 0 Å². The van der Waals surface area contributed by atoms with E-state index in [0.717, 1.165) is 17.2 Å². The average molecular weight is 326 g/mol. The Bertz CT molecular complexity index is 661. The van der Waals surface area contributed by atoms with Crippen molar-refractivity contribution in [2.75, 3.05) is 23.8 Å². The fraction of sp³-hybridized carbons (Fsp3) is 0.333. The van der Waals surface area contributed by atoms with Crippen LogP contribution in [0, 0.1) is 6.92 Å². The quantitative estimate of drug-likeness (QED) is 0.761. The number of aryl methyl sites for hydroxylation is 1. The highest BCUT2D eigenvalue weighted by Crippen LogP contribution is 2.29. The van der Waals surface area contributed by atoms with Gasteiger partial charge in [0.05, 0.1) is 6.61 Å². The van der Waals surface area contributed by atoms with E-state index in [-0.39, 0.29) is 24.9 Å². The Balaban J connectivity index is 2.21. The van der Waals surface area contributed by atoms with Gasteiger partial charge < -0.3 is 15.7 Å². The molecule has 1 aromatic heterocycles. The van der Waals surface area contributed by atoms with Crippen molar-refractivity contribution in [2.45, 2.75) is 19.6 Å². The number of anilines is 2. The molecule has 0 spiro atoms. The number of aliphatic hydroxyl groups is 1. The molecule has 23 heavy (non-hydrogen) atoms. The number of aromatic nitrogens is 2. The molecule has 3 N–H and O–H groups in total. The highest BCUT2D eigenvalue weighted by molar-refractivity contribution is 5.44. The van der Waals surface area contributed by atoms with Gasteiger partial charge in [0.25, 0.3) is 0 Å². The van der Waals surface area contributed by atoms with Gasteiger partial charge in [0, 0.05) is 19.2 Å². The summed E-state index contributed by atoms with van der Waals surface area (Å²) in [7, 11) is 0. The molecular weight excluding hydrogens is 309 g/mol. The van der Waals surface area contributed by atoms with Gasteiger partial charge in [0.2, 0.25) is 5.95 Å². The summed E-state index contributed by atoms with van der Waals surface area (Å²) in [4.78, 5) is 7.40. The number of aliphatic hydroxyl groups excluding tert-OH is 1. The van der Waals surface area contributed by atoms with E-state index < -0.39 is 11.9 Å². The molecule has 0 fully saturated rings. The van der Waals surface area contributed by atoms with Crippen molar-refractivity contribution in [3.63, 3.8) is 0 Å². The van der Waals surface area contributed by atoms with Crippen LogP contribution in [-0.4, -0.2) is 28.2 Å². The summed E-state index contributed by atoms with van der Waals surface area (Å²) in [6.45, 7) is 2.11. The minimum atomic E-state index is -4.57. The summed E-state index contributed by atoms with van der Waals surface area (Å²) in [6.07, 6.45) is -4.57. The fourth-order valence-corrected chi connectivity index (χ4v) is 1.92. The number of nitrogens with one attached hydrogen (secondary N) is 2. The molecule has 5 nitrogen and oxygen atoms in total. The standard InChI is InChI=1S/C15H17F3N4O/c1-10-4-2-3-5-11(10)9-20-13-8-12(15(16,17)18)21-14(22-13)19-6-7-23/h2-5,8,23H,6-7,9H2,1H3,(H2,19,20,21,22). The van der Waals surface area contributed by atoms with Crippen LogP contribution in [0.1, 0.15) is 16.8 Å². The van der Waals surface area contributed by atoms with Crippen LogP contribution in [0.5, 0.6) is 0 Å². The lowest BCUT2D eigenvalue weighted by molar-refractivity contribution is -0.141. The first-order valence-corrected chi connectivity index (χ1v) is 6.99. The van der Waals surface area contributed by atoms with Crippen LogP contribution in [0.25, 0.3) is 0 Å². The smallest absolute Gasteiger partial charge is 0.395 e. The zero-order valence-corrected chi connectivity index (χ0v) is 12.5.